The minimum absolute atomic E-state index is 0.480. The molecule has 0 aliphatic heterocycles. The van der Waals surface area contributed by atoms with Crippen molar-refractivity contribution in [3.05, 3.63) is 17.0 Å². The van der Waals surface area contributed by atoms with Crippen molar-refractivity contribution in [3.63, 3.8) is 0 Å². The van der Waals surface area contributed by atoms with Crippen LogP contribution in [0.5, 0.6) is 23.0 Å². The van der Waals surface area contributed by atoms with Gasteiger partial charge in [0.15, 0.2) is 17.2 Å². The third-order valence-corrected chi connectivity index (χ3v) is 8.59. The molecule has 0 atom stereocenters. The van der Waals surface area contributed by atoms with Gasteiger partial charge in [-0.3, -0.25) is 0 Å². The van der Waals surface area contributed by atoms with Crippen LogP contribution >= 0.6 is 0 Å². The number of hydrogen-bond acceptors (Lipinski definition) is 6. The van der Waals surface area contributed by atoms with Crippen molar-refractivity contribution in [1.82, 2.24) is 0 Å². The molecule has 0 bridgehead atoms. The summed E-state index contributed by atoms with van der Waals surface area (Å²) in [6.45, 7) is 32.1. The first-order chi connectivity index (χ1) is 15.8. The van der Waals surface area contributed by atoms with Crippen LogP contribution in [0.1, 0.15) is 5.56 Å². The summed E-state index contributed by atoms with van der Waals surface area (Å²) in [6.07, 6.45) is 0. The van der Waals surface area contributed by atoms with Crippen LogP contribution in [0.2, 0.25) is 98.2 Å². The van der Waals surface area contributed by atoms with Crippen LogP contribution in [0.15, 0.2) is 11.4 Å². The van der Waals surface area contributed by atoms with Crippen molar-refractivity contribution in [2.75, 3.05) is 0 Å². The molecule has 0 unspecified atom stereocenters. The fourth-order valence-corrected chi connectivity index (χ4v) is 8.30. The predicted molar refractivity (Wildman–Crippen MR) is 166 cm³/mol. The van der Waals surface area contributed by atoms with Gasteiger partial charge in [0.1, 0.15) is 21.8 Å². The van der Waals surface area contributed by atoms with Crippen molar-refractivity contribution < 1.29 is 26.6 Å². The number of rotatable bonds is 12. The van der Waals surface area contributed by atoms with Crippen LogP contribution in [0.25, 0.3) is 5.76 Å². The molecule has 1 aromatic carbocycles. The first kappa shape index (κ1) is 33.3. The lowest BCUT2D eigenvalue weighted by atomic mass is 10.1. The lowest BCUT2D eigenvalue weighted by Crippen LogP contribution is -2.35. The fraction of sp³-hybridized carbons (Fsp3) is 0.652. The second-order valence-corrected chi connectivity index (χ2v) is 36.5. The molecule has 0 aromatic heterocycles. The summed E-state index contributed by atoms with van der Waals surface area (Å²) in [7, 11) is -3.11. The second kappa shape index (κ2) is 11.6. The molecule has 0 saturated heterocycles. The highest BCUT2D eigenvalue weighted by atomic mass is 28.4. The molecule has 0 heterocycles. The zero-order valence-corrected chi connectivity index (χ0v) is 32.0. The van der Waals surface area contributed by atoms with E-state index in [9.17, 15) is 0 Å². The van der Waals surface area contributed by atoms with Crippen molar-refractivity contribution in [2.45, 2.75) is 98.2 Å². The molecule has 202 valence electrons. The van der Waals surface area contributed by atoms with E-state index in [1.807, 2.05) is 6.07 Å². The smallest absolute Gasteiger partial charge is 0.341 e. The summed E-state index contributed by atoms with van der Waals surface area (Å²) in [4.78, 5) is 0. The highest BCUT2D eigenvalue weighted by Gasteiger charge is 2.35. The Balaban J connectivity index is 4.24. The van der Waals surface area contributed by atoms with E-state index in [2.05, 4.69) is 119 Å². The Labute approximate surface area is 232 Å². The van der Waals surface area contributed by atoms with Gasteiger partial charge in [-0.1, -0.05) is 0 Å². The quantitative estimate of drug-likeness (QED) is 0.182. The van der Waals surface area contributed by atoms with Gasteiger partial charge in [0, 0.05) is 0 Å². The molecule has 36 heavy (non-hydrogen) atoms. The molecule has 0 saturated carbocycles. The molecule has 0 aliphatic carbocycles. The summed E-state index contributed by atoms with van der Waals surface area (Å²) in [6, 6.07) is 1.95. The Kier molecular flexibility index (Phi) is 10.7. The molecule has 13 heteroatoms. The Hall–Kier alpha value is -0.722. The van der Waals surface area contributed by atoms with Gasteiger partial charge < -0.3 is 26.6 Å². The van der Waals surface area contributed by atoms with E-state index >= 15 is 0 Å². The Morgan fingerprint density at radius 2 is 0.972 bits per heavy atom. The lowest BCUT2D eigenvalue weighted by molar-refractivity contribution is 0.417. The molecule has 6 nitrogen and oxygen atoms in total. The van der Waals surface area contributed by atoms with E-state index in [1.54, 1.807) is 0 Å². The molecule has 0 N–H and O–H groups in total. The van der Waals surface area contributed by atoms with Gasteiger partial charge in [0.25, 0.3) is 0 Å². The van der Waals surface area contributed by atoms with Crippen molar-refractivity contribution >= 4 is 68.1 Å². The fourth-order valence-electron chi connectivity index (χ4n) is 2.96. The van der Waals surface area contributed by atoms with E-state index in [1.165, 1.54) is 0 Å². The van der Waals surface area contributed by atoms with Gasteiger partial charge in [0.2, 0.25) is 41.6 Å². The van der Waals surface area contributed by atoms with Crippen molar-refractivity contribution in [2.24, 2.45) is 0 Å². The number of hydrogen-bond donors (Lipinski definition) is 0. The van der Waals surface area contributed by atoms with E-state index in [-0.39, 0.29) is 0 Å². The normalized spacial score (nSPS) is 14.1. The van der Waals surface area contributed by atoms with Gasteiger partial charge in [-0.25, -0.2) is 0 Å². The first-order valence-electron chi connectivity index (χ1n) is 12.3. The SMILES string of the molecule is C[Si](C)(C)OC([Si])=C(O[Si](C)(C)C)c1cc(O[Si](C)(C)C)c(O[Si](C)(C)C)c(O[Si](C)(C)C)c1O[Si]. The number of benzene rings is 1. The van der Waals surface area contributed by atoms with Gasteiger partial charge in [-0.15, -0.1) is 0 Å². The van der Waals surface area contributed by atoms with Crippen LogP contribution in [-0.4, -0.2) is 62.3 Å². The molecule has 1 aromatic rings. The van der Waals surface area contributed by atoms with Crippen LogP contribution < -0.4 is 17.7 Å². The Morgan fingerprint density at radius 3 is 1.33 bits per heavy atom. The van der Waals surface area contributed by atoms with Crippen LogP contribution in [0, 0.1) is 0 Å². The third-order valence-electron chi connectivity index (χ3n) is 3.76. The summed E-state index contributed by atoms with van der Waals surface area (Å²) < 4.78 is 38.8. The molecule has 0 fully saturated rings. The van der Waals surface area contributed by atoms with Crippen LogP contribution in [0.3, 0.4) is 0 Å². The van der Waals surface area contributed by atoms with E-state index < -0.39 is 41.6 Å². The monoisotopic (exact) mass is 614 g/mol. The van der Waals surface area contributed by atoms with Gasteiger partial charge in [-0.05, 0) is 104 Å². The largest absolute Gasteiger partial charge is 0.549 e. The molecule has 6 radical (unpaired) electrons. The third kappa shape index (κ3) is 11.8. The average molecular weight is 615 g/mol. The highest BCUT2D eigenvalue weighted by molar-refractivity contribution is 6.72. The molecular formula is C23H46O6Si7. The maximum absolute atomic E-state index is 6.66. The summed E-state index contributed by atoms with van der Waals surface area (Å²) >= 11 is 0. The maximum atomic E-state index is 6.66. The van der Waals surface area contributed by atoms with Gasteiger partial charge in [-0.2, -0.15) is 0 Å². The lowest BCUT2D eigenvalue weighted by Gasteiger charge is -2.33. The second-order valence-electron chi connectivity index (χ2n) is 13.7. The Bertz CT molecular complexity index is 947. The first-order valence-corrected chi connectivity index (χ1v) is 30.2. The summed E-state index contributed by atoms with van der Waals surface area (Å²) in [5, 5.41) is 0.540. The van der Waals surface area contributed by atoms with Crippen molar-refractivity contribution in [1.29, 1.82) is 0 Å². The van der Waals surface area contributed by atoms with E-state index in [0.29, 0.717) is 39.7 Å². The molecular weight excluding hydrogens is 569 g/mol. The topological polar surface area (TPSA) is 55.4 Å². The van der Waals surface area contributed by atoms with Crippen LogP contribution in [-0.2, 0) is 8.85 Å². The molecule has 1 rings (SSSR count). The van der Waals surface area contributed by atoms with Crippen molar-refractivity contribution in [3.8, 4) is 23.0 Å². The Morgan fingerprint density at radius 1 is 0.556 bits per heavy atom. The maximum Gasteiger partial charge on any atom is 0.341 e. The van der Waals surface area contributed by atoms with Gasteiger partial charge in [0.05, 0.1) is 10.9 Å². The minimum atomic E-state index is -2.10. The zero-order valence-electron chi connectivity index (χ0n) is 25.0. The van der Waals surface area contributed by atoms with Crippen LogP contribution in [0.4, 0.5) is 0 Å². The molecule has 0 amide bonds. The van der Waals surface area contributed by atoms with E-state index in [0.717, 1.165) is 0 Å². The standard InChI is InChI=1S/C23H46O6Si7/c1-32(2,3)25-18-16-17(20(26-33(4,5)6)23(30)29-36(13,14)15)19(24-31)22(28-35(10,11)12)21(18)27-34(7,8)9/h16H,1-15H3. The minimum Gasteiger partial charge on any atom is -0.549 e. The predicted octanol–water partition coefficient (Wildman–Crippen LogP) is 7.29. The van der Waals surface area contributed by atoms with E-state index in [4.69, 9.17) is 26.6 Å². The van der Waals surface area contributed by atoms with Gasteiger partial charge >= 0.3 is 10.5 Å². The summed E-state index contributed by atoms with van der Waals surface area (Å²) in [5.41, 5.74) is 0.681. The zero-order chi connectivity index (χ0) is 28.5. The average Bonchev–Trinajstić information content (AvgIpc) is 2.56. The summed E-state index contributed by atoms with van der Waals surface area (Å²) in [5.74, 6) is 2.80. The molecule has 0 aliphatic rings. The molecule has 0 spiro atoms. The highest BCUT2D eigenvalue weighted by Crippen LogP contribution is 2.52.